The van der Waals surface area contributed by atoms with E-state index in [2.05, 4.69) is 54.6 Å². The molecule has 0 saturated carbocycles. The predicted octanol–water partition coefficient (Wildman–Crippen LogP) is 3.30. The standard InChI is InChI=1S/C17H18O/c18-13-12-17(15-7-2-1-3-8-15)11-10-14-6-4-5-9-16(14)17/h1-9,18H,10-13H2. The van der Waals surface area contributed by atoms with E-state index in [1.165, 1.54) is 16.7 Å². The van der Waals surface area contributed by atoms with Crippen molar-refractivity contribution in [3.8, 4) is 0 Å². The summed E-state index contributed by atoms with van der Waals surface area (Å²) in [6, 6.07) is 19.3. The van der Waals surface area contributed by atoms with Gasteiger partial charge in [0.2, 0.25) is 0 Å². The largest absolute Gasteiger partial charge is 0.396 e. The molecular formula is C17H18O. The lowest BCUT2D eigenvalue weighted by molar-refractivity contribution is 0.252. The summed E-state index contributed by atoms with van der Waals surface area (Å²) in [7, 11) is 0. The molecule has 0 spiro atoms. The third-order valence-electron chi connectivity index (χ3n) is 4.22. The third kappa shape index (κ3) is 1.67. The highest BCUT2D eigenvalue weighted by molar-refractivity contribution is 5.47. The van der Waals surface area contributed by atoms with Gasteiger partial charge >= 0.3 is 0 Å². The molecule has 0 heterocycles. The van der Waals surface area contributed by atoms with E-state index in [1.807, 2.05) is 0 Å². The maximum Gasteiger partial charge on any atom is 0.0442 e. The van der Waals surface area contributed by atoms with Crippen LogP contribution in [0.15, 0.2) is 54.6 Å². The number of fused-ring (bicyclic) bond motifs is 1. The quantitative estimate of drug-likeness (QED) is 0.870. The summed E-state index contributed by atoms with van der Waals surface area (Å²) in [5.41, 5.74) is 4.20. The van der Waals surface area contributed by atoms with Crippen molar-refractivity contribution in [1.82, 2.24) is 0 Å². The molecule has 92 valence electrons. The molecule has 1 aliphatic carbocycles. The van der Waals surface area contributed by atoms with E-state index in [0.717, 1.165) is 19.3 Å². The fraction of sp³-hybridized carbons (Fsp3) is 0.294. The summed E-state index contributed by atoms with van der Waals surface area (Å²) in [6.45, 7) is 0.239. The van der Waals surface area contributed by atoms with Gasteiger partial charge in [0, 0.05) is 12.0 Å². The minimum atomic E-state index is 0.0204. The number of hydrogen-bond acceptors (Lipinski definition) is 1. The van der Waals surface area contributed by atoms with E-state index in [-0.39, 0.29) is 12.0 Å². The first-order chi connectivity index (χ1) is 8.87. The lowest BCUT2D eigenvalue weighted by Gasteiger charge is -2.30. The normalized spacial score (nSPS) is 21.8. The van der Waals surface area contributed by atoms with Crippen molar-refractivity contribution < 1.29 is 5.11 Å². The summed E-state index contributed by atoms with van der Waals surface area (Å²) in [5, 5.41) is 9.48. The lowest BCUT2D eigenvalue weighted by Crippen LogP contribution is -2.26. The Kier molecular flexibility index (Phi) is 2.92. The van der Waals surface area contributed by atoms with Crippen LogP contribution in [-0.2, 0) is 11.8 Å². The minimum absolute atomic E-state index is 0.0204. The van der Waals surface area contributed by atoms with Crippen molar-refractivity contribution >= 4 is 0 Å². The van der Waals surface area contributed by atoms with Crippen LogP contribution in [-0.4, -0.2) is 11.7 Å². The summed E-state index contributed by atoms with van der Waals surface area (Å²) < 4.78 is 0. The summed E-state index contributed by atoms with van der Waals surface area (Å²) in [4.78, 5) is 0. The van der Waals surface area contributed by atoms with Crippen LogP contribution in [0, 0.1) is 0 Å². The molecule has 1 nitrogen and oxygen atoms in total. The van der Waals surface area contributed by atoms with Gasteiger partial charge in [0.05, 0.1) is 0 Å². The van der Waals surface area contributed by atoms with Gasteiger partial charge in [-0.25, -0.2) is 0 Å². The molecule has 3 rings (SSSR count). The maximum absolute atomic E-state index is 9.48. The molecule has 0 amide bonds. The van der Waals surface area contributed by atoms with E-state index in [4.69, 9.17) is 0 Å². The Labute approximate surface area is 108 Å². The van der Waals surface area contributed by atoms with Crippen LogP contribution in [0.5, 0.6) is 0 Å². The van der Waals surface area contributed by atoms with E-state index in [1.54, 1.807) is 0 Å². The van der Waals surface area contributed by atoms with Gasteiger partial charge in [-0.3, -0.25) is 0 Å². The van der Waals surface area contributed by atoms with Crippen molar-refractivity contribution in [3.63, 3.8) is 0 Å². The zero-order valence-electron chi connectivity index (χ0n) is 10.5. The summed E-state index contributed by atoms with van der Waals surface area (Å²) >= 11 is 0. The van der Waals surface area contributed by atoms with Crippen LogP contribution in [0.25, 0.3) is 0 Å². The van der Waals surface area contributed by atoms with Gasteiger partial charge in [-0.2, -0.15) is 0 Å². The summed E-state index contributed by atoms with van der Waals surface area (Å²) in [5.74, 6) is 0. The molecule has 18 heavy (non-hydrogen) atoms. The second-order valence-corrected chi connectivity index (χ2v) is 5.08. The van der Waals surface area contributed by atoms with Crippen LogP contribution in [0.4, 0.5) is 0 Å². The number of aliphatic hydroxyl groups excluding tert-OH is 1. The fourth-order valence-corrected chi connectivity index (χ4v) is 3.34. The number of aryl methyl sites for hydroxylation is 1. The maximum atomic E-state index is 9.48. The highest BCUT2D eigenvalue weighted by atomic mass is 16.3. The second kappa shape index (κ2) is 4.58. The Morgan fingerprint density at radius 1 is 0.944 bits per heavy atom. The van der Waals surface area contributed by atoms with Gasteiger partial charge in [0.25, 0.3) is 0 Å². The Morgan fingerprint density at radius 2 is 1.67 bits per heavy atom. The van der Waals surface area contributed by atoms with Crippen molar-refractivity contribution in [2.75, 3.05) is 6.61 Å². The van der Waals surface area contributed by atoms with E-state index < -0.39 is 0 Å². The van der Waals surface area contributed by atoms with Gasteiger partial charge in [0.1, 0.15) is 0 Å². The Balaban J connectivity index is 2.15. The molecule has 0 radical (unpaired) electrons. The van der Waals surface area contributed by atoms with Crippen molar-refractivity contribution in [2.45, 2.75) is 24.7 Å². The average Bonchev–Trinajstić information content (AvgIpc) is 2.81. The minimum Gasteiger partial charge on any atom is -0.396 e. The van der Waals surface area contributed by atoms with Gasteiger partial charge in [-0.05, 0) is 36.0 Å². The Morgan fingerprint density at radius 3 is 2.44 bits per heavy atom. The van der Waals surface area contributed by atoms with Crippen LogP contribution in [0.2, 0.25) is 0 Å². The first kappa shape index (κ1) is 11.5. The van der Waals surface area contributed by atoms with Gasteiger partial charge in [-0.15, -0.1) is 0 Å². The highest BCUT2D eigenvalue weighted by Crippen LogP contribution is 2.46. The van der Waals surface area contributed by atoms with Crippen LogP contribution in [0.3, 0.4) is 0 Å². The number of benzene rings is 2. The van der Waals surface area contributed by atoms with E-state index in [0.29, 0.717) is 0 Å². The third-order valence-corrected chi connectivity index (χ3v) is 4.22. The molecule has 0 fully saturated rings. The van der Waals surface area contributed by atoms with Gasteiger partial charge in [0.15, 0.2) is 0 Å². The van der Waals surface area contributed by atoms with Gasteiger partial charge in [-0.1, -0.05) is 54.6 Å². The Bertz CT molecular complexity index is 528. The molecule has 2 aromatic carbocycles. The predicted molar refractivity (Wildman–Crippen MR) is 73.7 cm³/mol. The van der Waals surface area contributed by atoms with E-state index in [9.17, 15) is 5.11 Å². The van der Waals surface area contributed by atoms with Crippen molar-refractivity contribution in [1.29, 1.82) is 0 Å². The zero-order chi connectivity index (χ0) is 12.4. The molecule has 2 aromatic rings. The topological polar surface area (TPSA) is 20.2 Å². The molecule has 1 N–H and O–H groups in total. The monoisotopic (exact) mass is 238 g/mol. The first-order valence-corrected chi connectivity index (χ1v) is 6.61. The van der Waals surface area contributed by atoms with E-state index >= 15 is 0 Å². The summed E-state index contributed by atoms with van der Waals surface area (Å²) in [6.07, 6.45) is 3.04. The molecule has 0 aliphatic heterocycles. The fourth-order valence-electron chi connectivity index (χ4n) is 3.34. The molecule has 1 aliphatic rings. The average molecular weight is 238 g/mol. The SMILES string of the molecule is OCCC1(c2ccccc2)CCc2ccccc21. The second-order valence-electron chi connectivity index (χ2n) is 5.08. The molecule has 1 heteroatoms. The van der Waals surface area contributed by atoms with Crippen molar-refractivity contribution in [3.05, 3.63) is 71.3 Å². The van der Waals surface area contributed by atoms with Gasteiger partial charge < -0.3 is 5.11 Å². The van der Waals surface area contributed by atoms with Crippen molar-refractivity contribution in [2.24, 2.45) is 0 Å². The van der Waals surface area contributed by atoms with Crippen LogP contribution in [0.1, 0.15) is 29.5 Å². The first-order valence-electron chi connectivity index (χ1n) is 6.61. The van der Waals surface area contributed by atoms with Crippen LogP contribution >= 0.6 is 0 Å². The molecule has 0 aromatic heterocycles. The Hall–Kier alpha value is -1.60. The smallest absolute Gasteiger partial charge is 0.0442 e. The molecule has 0 saturated heterocycles. The molecule has 1 unspecified atom stereocenters. The number of hydrogen-bond donors (Lipinski definition) is 1. The zero-order valence-corrected chi connectivity index (χ0v) is 10.5. The molecular weight excluding hydrogens is 220 g/mol. The number of rotatable bonds is 3. The van der Waals surface area contributed by atoms with Crippen LogP contribution < -0.4 is 0 Å². The molecule has 0 bridgehead atoms. The number of aliphatic hydroxyl groups is 1. The lowest BCUT2D eigenvalue weighted by atomic mass is 9.73. The molecule has 1 atom stereocenters. The highest BCUT2D eigenvalue weighted by Gasteiger charge is 2.39.